The predicted molar refractivity (Wildman–Crippen MR) is 120 cm³/mol. The van der Waals surface area contributed by atoms with E-state index in [-0.39, 0.29) is 30.3 Å². The minimum atomic E-state index is -0.320. The van der Waals surface area contributed by atoms with Crippen LogP contribution in [0.4, 0.5) is 5.69 Å². The number of benzene rings is 2. The van der Waals surface area contributed by atoms with Gasteiger partial charge in [0.2, 0.25) is 0 Å². The van der Waals surface area contributed by atoms with Gasteiger partial charge in [-0.3, -0.25) is 9.59 Å². The van der Waals surface area contributed by atoms with Crippen molar-refractivity contribution in [2.45, 2.75) is 45.4 Å². The molecule has 1 fully saturated rings. The van der Waals surface area contributed by atoms with Gasteiger partial charge in [-0.25, -0.2) is 4.98 Å². The molecule has 5 nitrogen and oxygen atoms in total. The highest BCUT2D eigenvalue weighted by molar-refractivity contribution is 7.18. The highest BCUT2D eigenvalue weighted by atomic mass is 32.1. The first kappa shape index (κ1) is 20.5. The fraction of sp³-hybridized carbons (Fsp3) is 0.375. The van der Waals surface area contributed by atoms with Crippen molar-refractivity contribution < 1.29 is 14.3 Å². The number of carbonyl (C=O) groups is 2. The van der Waals surface area contributed by atoms with Gasteiger partial charge in [-0.05, 0) is 62.1 Å². The van der Waals surface area contributed by atoms with Gasteiger partial charge in [0.25, 0.3) is 5.91 Å². The zero-order valence-corrected chi connectivity index (χ0v) is 18.1. The number of fused-ring (bicyclic) bond motifs is 1. The van der Waals surface area contributed by atoms with Crippen LogP contribution < -0.4 is 5.32 Å². The summed E-state index contributed by atoms with van der Waals surface area (Å²) in [6.45, 7) is 3.75. The molecule has 2 atom stereocenters. The molecule has 1 N–H and O–H groups in total. The number of aryl methyl sites for hydroxylation is 2. The van der Waals surface area contributed by atoms with Crippen molar-refractivity contribution in [1.82, 2.24) is 4.98 Å². The summed E-state index contributed by atoms with van der Waals surface area (Å²) >= 11 is 1.66. The third-order valence-corrected chi connectivity index (χ3v) is 7.00. The molecule has 0 bridgehead atoms. The van der Waals surface area contributed by atoms with Crippen molar-refractivity contribution in [3.63, 3.8) is 0 Å². The van der Waals surface area contributed by atoms with Crippen molar-refractivity contribution in [3.05, 3.63) is 58.6 Å². The molecular weight excluding hydrogens is 396 g/mol. The Morgan fingerprint density at radius 3 is 2.70 bits per heavy atom. The van der Waals surface area contributed by atoms with E-state index in [1.165, 1.54) is 0 Å². The number of carbonyl (C=O) groups excluding carboxylic acids is 2. The summed E-state index contributed by atoms with van der Waals surface area (Å²) in [6, 6.07) is 13.8. The topological polar surface area (TPSA) is 68.3 Å². The number of rotatable bonds is 5. The minimum Gasteiger partial charge on any atom is -0.455 e. The monoisotopic (exact) mass is 422 g/mol. The lowest BCUT2D eigenvalue weighted by Crippen LogP contribution is -2.30. The molecule has 0 radical (unpaired) electrons. The van der Waals surface area contributed by atoms with Crippen LogP contribution in [0.25, 0.3) is 10.2 Å². The zero-order valence-electron chi connectivity index (χ0n) is 17.3. The Balaban J connectivity index is 1.39. The highest BCUT2D eigenvalue weighted by Gasteiger charge is 2.35. The molecule has 4 rings (SSSR count). The number of nitrogens with zero attached hydrogens (tertiary/aromatic N) is 1. The number of esters is 1. The number of thiazole rings is 1. The molecule has 3 aromatic rings. The number of anilines is 1. The highest BCUT2D eigenvalue weighted by Crippen LogP contribution is 2.41. The SMILES string of the molecule is Cc1ccc(NC(=O)COC(=O)[C@@H]2CCCC[C@H]2c2nc3ccccc3s2)cc1C. The van der Waals surface area contributed by atoms with Gasteiger partial charge in [-0.1, -0.05) is 31.0 Å². The summed E-state index contributed by atoms with van der Waals surface area (Å²) in [5, 5.41) is 3.80. The number of nitrogens with one attached hydrogen (secondary N) is 1. The van der Waals surface area contributed by atoms with Gasteiger partial charge >= 0.3 is 5.97 Å². The molecule has 2 aromatic carbocycles. The quantitative estimate of drug-likeness (QED) is 0.561. The number of para-hydroxylation sites is 1. The smallest absolute Gasteiger partial charge is 0.310 e. The summed E-state index contributed by atoms with van der Waals surface area (Å²) in [5.74, 6) is -0.798. The number of ether oxygens (including phenoxy) is 1. The van der Waals surface area contributed by atoms with E-state index in [1.807, 2.05) is 50.2 Å². The minimum absolute atomic E-state index is 0.0615. The van der Waals surface area contributed by atoms with Gasteiger partial charge in [-0.2, -0.15) is 0 Å². The Bertz CT molecular complexity index is 1040. The largest absolute Gasteiger partial charge is 0.455 e. The summed E-state index contributed by atoms with van der Waals surface area (Å²) < 4.78 is 6.56. The molecule has 0 aliphatic heterocycles. The lowest BCUT2D eigenvalue weighted by molar-refractivity contribution is -0.153. The third kappa shape index (κ3) is 4.54. The number of amides is 1. The maximum absolute atomic E-state index is 12.8. The Kier molecular flexibility index (Phi) is 6.13. The standard InChI is InChI=1S/C24H26N2O3S/c1-15-11-12-17(13-16(15)2)25-22(27)14-29-24(28)19-8-4-3-7-18(19)23-26-20-9-5-6-10-21(20)30-23/h5-6,9-13,18-19H,3-4,7-8,14H2,1-2H3,(H,25,27)/t18-,19-/m1/s1. The molecule has 0 unspecified atom stereocenters. The van der Waals surface area contributed by atoms with Crippen molar-refractivity contribution in [1.29, 1.82) is 0 Å². The fourth-order valence-corrected chi connectivity index (χ4v) is 5.18. The van der Waals surface area contributed by atoms with Crippen molar-refractivity contribution >= 4 is 39.1 Å². The van der Waals surface area contributed by atoms with Gasteiger partial charge in [0, 0.05) is 11.6 Å². The van der Waals surface area contributed by atoms with E-state index in [0.29, 0.717) is 5.69 Å². The normalized spacial score (nSPS) is 18.9. The predicted octanol–water partition coefficient (Wildman–Crippen LogP) is 5.37. The van der Waals surface area contributed by atoms with Crippen LogP contribution in [0.1, 0.15) is 47.7 Å². The Morgan fingerprint density at radius 1 is 1.10 bits per heavy atom. The average molecular weight is 423 g/mol. The molecule has 1 aliphatic carbocycles. The summed E-state index contributed by atoms with van der Waals surface area (Å²) in [6.07, 6.45) is 3.78. The second-order valence-corrected chi connectivity index (χ2v) is 9.03. The van der Waals surface area contributed by atoms with E-state index in [2.05, 4.69) is 11.4 Å². The van der Waals surface area contributed by atoms with Crippen LogP contribution in [0.15, 0.2) is 42.5 Å². The second-order valence-electron chi connectivity index (χ2n) is 7.97. The summed E-state index contributed by atoms with van der Waals surface area (Å²) in [7, 11) is 0. The summed E-state index contributed by atoms with van der Waals surface area (Å²) in [4.78, 5) is 29.9. The van der Waals surface area contributed by atoms with Gasteiger partial charge in [0.15, 0.2) is 6.61 Å². The number of aromatic nitrogens is 1. The first-order valence-corrected chi connectivity index (χ1v) is 11.2. The van der Waals surface area contributed by atoms with E-state index >= 15 is 0 Å². The zero-order chi connectivity index (χ0) is 21.1. The Labute approximate surface area is 180 Å². The molecule has 1 aromatic heterocycles. The van der Waals surface area contributed by atoms with E-state index in [1.54, 1.807) is 11.3 Å². The maximum atomic E-state index is 12.8. The molecule has 156 valence electrons. The molecule has 1 amide bonds. The van der Waals surface area contributed by atoms with Gasteiger partial charge in [0.1, 0.15) is 0 Å². The van der Waals surface area contributed by atoms with Crippen LogP contribution in [0, 0.1) is 19.8 Å². The molecular formula is C24H26N2O3S. The molecule has 0 spiro atoms. The van der Waals surface area contributed by atoms with E-state index in [4.69, 9.17) is 9.72 Å². The first-order chi connectivity index (χ1) is 14.5. The van der Waals surface area contributed by atoms with Crippen LogP contribution in [0.2, 0.25) is 0 Å². The van der Waals surface area contributed by atoms with Crippen LogP contribution in [-0.4, -0.2) is 23.5 Å². The van der Waals surface area contributed by atoms with E-state index < -0.39 is 0 Å². The number of hydrogen-bond acceptors (Lipinski definition) is 5. The van der Waals surface area contributed by atoms with Crippen LogP contribution in [0.3, 0.4) is 0 Å². The fourth-order valence-electron chi connectivity index (χ4n) is 4.02. The lowest BCUT2D eigenvalue weighted by atomic mass is 9.79. The van der Waals surface area contributed by atoms with E-state index in [9.17, 15) is 9.59 Å². The van der Waals surface area contributed by atoms with Crippen LogP contribution in [0.5, 0.6) is 0 Å². The van der Waals surface area contributed by atoms with Gasteiger partial charge in [0.05, 0.1) is 21.1 Å². The summed E-state index contributed by atoms with van der Waals surface area (Å²) in [5.41, 5.74) is 3.95. The van der Waals surface area contributed by atoms with Crippen LogP contribution in [-0.2, 0) is 14.3 Å². The van der Waals surface area contributed by atoms with E-state index in [0.717, 1.165) is 52.0 Å². The van der Waals surface area contributed by atoms with Crippen LogP contribution >= 0.6 is 11.3 Å². The van der Waals surface area contributed by atoms with Gasteiger partial charge < -0.3 is 10.1 Å². The third-order valence-electron chi connectivity index (χ3n) is 5.83. The molecule has 0 saturated heterocycles. The molecule has 1 heterocycles. The van der Waals surface area contributed by atoms with Gasteiger partial charge in [-0.15, -0.1) is 11.3 Å². The maximum Gasteiger partial charge on any atom is 0.310 e. The Morgan fingerprint density at radius 2 is 1.90 bits per heavy atom. The second kappa shape index (κ2) is 8.96. The van der Waals surface area contributed by atoms with Crippen molar-refractivity contribution in [2.75, 3.05) is 11.9 Å². The Hall–Kier alpha value is -2.73. The van der Waals surface area contributed by atoms with Crippen molar-refractivity contribution in [2.24, 2.45) is 5.92 Å². The number of hydrogen-bond donors (Lipinski definition) is 1. The molecule has 30 heavy (non-hydrogen) atoms. The molecule has 1 aliphatic rings. The molecule has 6 heteroatoms. The lowest BCUT2D eigenvalue weighted by Gasteiger charge is -2.28. The van der Waals surface area contributed by atoms with Crippen molar-refractivity contribution in [3.8, 4) is 0 Å². The first-order valence-electron chi connectivity index (χ1n) is 10.4. The molecule has 1 saturated carbocycles. The average Bonchev–Trinajstić information content (AvgIpc) is 3.19.